The van der Waals surface area contributed by atoms with E-state index in [1.54, 1.807) is 11.3 Å². The Morgan fingerprint density at radius 1 is 1.43 bits per heavy atom. The summed E-state index contributed by atoms with van der Waals surface area (Å²) in [5.41, 5.74) is 0. The van der Waals surface area contributed by atoms with Crippen LogP contribution in [0.3, 0.4) is 0 Å². The second-order valence-electron chi connectivity index (χ2n) is 4.05. The van der Waals surface area contributed by atoms with E-state index in [1.165, 1.54) is 28.6 Å². The Kier molecular flexibility index (Phi) is 3.63. The maximum atomic E-state index is 9.83. The Labute approximate surface area is 97.3 Å². The highest BCUT2D eigenvalue weighted by Gasteiger charge is 2.23. The summed E-state index contributed by atoms with van der Waals surface area (Å²) >= 11 is 5.25. The third kappa shape index (κ3) is 2.59. The van der Waals surface area contributed by atoms with Gasteiger partial charge in [0.05, 0.1) is 6.10 Å². The van der Waals surface area contributed by atoms with Crippen molar-refractivity contribution >= 4 is 27.3 Å². The molecule has 1 heterocycles. The fraction of sp³-hybridized carbons (Fsp3) is 0.636. The first-order valence-electron chi connectivity index (χ1n) is 5.16. The number of rotatable bonds is 2. The molecule has 1 nitrogen and oxygen atoms in total. The maximum absolute atomic E-state index is 9.83. The zero-order chi connectivity index (χ0) is 9.97. The van der Waals surface area contributed by atoms with Crippen LogP contribution < -0.4 is 0 Å². The zero-order valence-corrected chi connectivity index (χ0v) is 10.5. The predicted octanol–water partition coefficient (Wildman–Crippen LogP) is 3.60. The van der Waals surface area contributed by atoms with Gasteiger partial charge in [0, 0.05) is 14.7 Å². The van der Waals surface area contributed by atoms with Gasteiger partial charge in [-0.05, 0) is 47.2 Å². The van der Waals surface area contributed by atoms with Crippen molar-refractivity contribution in [2.24, 2.45) is 5.92 Å². The smallest absolute Gasteiger partial charge is 0.0571 e. The fourth-order valence-corrected chi connectivity index (χ4v) is 3.69. The van der Waals surface area contributed by atoms with Gasteiger partial charge < -0.3 is 5.11 Å². The first kappa shape index (κ1) is 10.7. The van der Waals surface area contributed by atoms with Gasteiger partial charge in [0.2, 0.25) is 0 Å². The maximum Gasteiger partial charge on any atom is 0.0571 e. The predicted molar refractivity (Wildman–Crippen MR) is 63.7 cm³/mol. The van der Waals surface area contributed by atoms with E-state index in [0.29, 0.717) is 5.92 Å². The lowest BCUT2D eigenvalue weighted by atomic mass is 9.84. The van der Waals surface area contributed by atoms with Crippen LogP contribution in [0.25, 0.3) is 0 Å². The highest BCUT2D eigenvalue weighted by molar-refractivity contribution is 9.10. The number of aliphatic hydroxyl groups is 1. The van der Waals surface area contributed by atoms with E-state index >= 15 is 0 Å². The molecule has 2 rings (SSSR count). The van der Waals surface area contributed by atoms with Gasteiger partial charge in [-0.1, -0.05) is 12.8 Å². The standard InChI is InChI=1S/C11H15BrOS/c12-9-6-10(14-7-9)5-8-3-1-2-4-11(8)13/h6-8,11,13H,1-5H2. The van der Waals surface area contributed by atoms with E-state index in [4.69, 9.17) is 0 Å². The summed E-state index contributed by atoms with van der Waals surface area (Å²) in [7, 11) is 0. The van der Waals surface area contributed by atoms with Crippen molar-refractivity contribution in [1.82, 2.24) is 0 Å². The van der Waals surface area contributed by atoms with Crippen LogP contribution in [0, 0.1) is 5.92 Å². The first-order valence-corrected chi connectivity index (χ1v) is 6.84. The van der Waals surface area contributed by atoms with Crippen LogP contribution in [0.5, 0.6) is 0 Å². The van der Waals surface area contributed by atoms with Gasteiger partial charge in [0.15, 0.2) is 0 Å². The summed E-state index contributed by atoms with van der Waals surface area (Å²) in [6.45, 7) is 0. The Morgan fingerprint density at radius 3 is 2.86 bits per heavy atom. The van der Waals surface area contributed by atoms with Crippen molar-refractivity contribution in [3.63, 3.8) is 0 Å². The average Bonchev–Trinajstić information content (AvgIpc) is 2.56. The lowest BCUT2D eigenvalue weighted by Gasteiger charge is -2.26. The molecule has 1 aliphatic carbocycles. The van der Waals surface area contributed by atoms with Crippen LogP contribution in [-0.4, -0.2) is 11.2 Å². The minimum atomic E-state index is -0.0652. The number of thiophene rings is 1. The molecule has 1 aromatic rings. The zero-order valence-electron chi connectivity index (χ0n) is 8.08. The molecule has 0 amide bonds. The third-order valence-electron chi connectivity index (χ3n) is 2.95. The largest absolute Gasteiger partial charge is 0.393 e. The molecule has 0 aliphatic heterocycles. The van der Waals surface area contributed by atoms with Gasteiger partial charge in [-0.2, -0.15) is 0 Å². The summed E-state index contributed by atoms with van der Waals surface area (Å²) in [6, 6.07) is 2.17. The number of halogens is 1. The Hall–Kier alpha value is 0.140. The van der Waals surface area contributed by atoms with Crippen molar-refractivity contribution < 1.29 is 5.11 Å². The van der Waals surface area contributed by atoms with E-state index in [0.717, 1.165) is 12.8 Å². The molecule has 3 heteroatoms. The summed E-state index contributed by atoms with van der Waals surface area (Å²) in [4.78, 5) is 1.39. The average molecular weight is 275 g/mol. The summed E-state index contributed by atoms with van der Waals surface area (Å²) in [5.74, 6) is 0.495. The van der Waals surface area contributed by atoms with Gasteiger partial charge in [-0.25, -0.2) is 0 Å². The van der Waals surface area contributed by atoms with Crippen LogP contribution in [-0.2, 0) is 6.42 Å². The Balaban J connectivity index is 1.95. The molecule has 0 saturated heterocycles. The SMILES string of the molecule is OC1CCCCC1Cc1cc(Br)cs1. The van der Waals surface area contributed by atoms with Crippen LogP contribution in [0.4, 0.5) is 0 Å². The quantitative estimate of drug-likeness (QED) is 0.874. The highest BCUT2D eigenvalue weighted by atomic mass is 79.9. The molecule has 14 heavy (non-hydrogen) atoms. The molecule has 1 aliphatic rings. The molecule has 0 bridgehead atoms. The second kappa shape index (κ2) is 4.77. The van der Waals surface area contributed by atoms with Crippen molar-refractivity contribution in [3.8, 4) is 0 Å². The third-order valence-corrected chi connectivity index (χ3v) is 4.67. The number of hydrogen-bond donors (Lipinski definition) is 1. The molecule has 2 atom stereocenters. The Bertz CT molecular complexity index is 297. The molecule has 78 valence electrons. The minimum absolute atomic E-state index is 0.0652. The molecule has 0 aromatic carbocycles. The topological polar surface area (TPSA) is 20.2 Å². The second-order valence-corrected chi connectivity index (χ2v) is 5.96. The van der Waals surface area contributed by atoms with Crippen molar-refractivity contribution in [2.45, 2.75) is 38.2 Å². The van der Waals surface area contributed by atoms with E-state index < -0.39 is 0 Å². The van der Waals surface area contributed by atoms with E-state index in [-0.39, 0.29) is 6.10 Å². The molecular formula is C11H15BrOS. The molecule has 0 spiro atoms. The van der Waals surface area contributed by atoms with Crippen LogP contribution in [0.15, 0.2) is 15.9 Å². The summed E-state index contributed by atoms with van der Waals surface area (Å²) in [5, 5.41) is 11.9. The Morgan fingerprint density at radius 2 is 2.21 bits per heavy atom. The lowest BCUT2D eigenvalue weighted by Crippen LogP contribution is -2.25. The van der Waals surface area contributed by atoms with Crippen molar-refractivity contribution in [1.29, 1.82) is 0 Å². The molecule has 1 saturated carbocycles. The first-order chi connectivity index (χ1) is 6.75. The van der Waals surface area contributed by atoms with Crippen molar-refractivity contribution in [3.05, 3.63) is 20.8 Å². The summed E-state index contributed by atoms with van der Waals surface area (Å²) < 4.78 is 1.17. The highest BCUT2D eigenvalue weighted by Crippen LogP contribution is 2.30. The summed E-state index contributed by atoms with van der Waals surface area (Å²) in [6.07, 6.45) is 5.66. The van der Waals surface area contributed by atoms with Gasteiger partial charge in [-0.15, -0.1) is 11.3 Å². The van der Waals surface area contributed by atoms with Gasteiger partial charge in [0.25, 0.3) is 0 Å². The van der Waals surface area contributed by atoms with Crippen LogP contribution in [0.2, 0.25) is 0 Å². The molecular weight excluding hydrogens is 260 g/mol. The molecule has 1 N–H and O–H groups in total. The molecule has 1 fully saturated rings. The van der Waals surface area contributed by atoms with E-state index in [2.05, 4.69) is 27.4 Å². The van der Waals surface area contributed by atoms with Crippen molar-refractivity contribution in [2.75, 3.05) is 0 Å². The van der Waals surface area contributed by atoms with Gasteiger partial charge in [-0.3, -0.25) is 0 Å². The van der Waals surface area contributed by atoms with E-state index in [1.807, 2.05) is 0 Å². The lowest BCUT2D eigenvalue weighted by molar-refractivity contribution is 0.0704. The molecule has 1 aromatic heterocycles. The molecule has 0 radical (unpaired) electrons. The van der Waals surface area contributed by atoms with Gasteiger partial charge in [0.1, 0.15) is 0 Å². The van der Waals surface area contributed by atoms with Gasteiger partial charge >= 0.3 is 0 Å². The fourth-order valence-electron chi connectivity index (χ4n) is 2.15. The number of aliphatic hydroxyl groups excluding tert-OH is 1. The van der Waals surface area contributed by atoms with E-state index in [9.17, 15) is 5.11 Å². The van der Waals surface area contributed by atoms with Crippen LogP contribution >= 0.6 is 27.3 Å². The van der Waals surface area contributed by atoms with Crippen LogP contribution in [0.1, 0.15) is 30.6 Å². The normalized spacial score (nSPS) is 27.9. The molecule has 2 unspecified atom stereocenters. The monoisotopic (exact) mass is 274 g/mol. The minimum Gasteiger partial charge on any atom is -0.393 e. The number of hydrogen-bond acceptors (Lipinski definition) is 2.